The van der Waals surface area contributed by atoms with E-state index in [4.69, 9.17) is 0 Å². The maximum absolute atomic E-state index is 13.2. The van der Waals surface area contributed by atoms with Gasteiger partial charge in [0.05, 0.1) is 17.5 Å². The Labute approximate surface area is 140 Å². The van der Waals surface area contributed by atoms with Gasteiger partial charge in [0.1, 0.15) is 5.82 Å². The van der Waals surface area contributed by atoms with E-state index in [9.17, 15) is 14.0 Å². The van der Waals surface area contributed by atoms with Gasteiger partial charge in [-0.2, -0.15) is 0 Å². The minimum absolute atomic E-state index is 0.0630. The van der Waals surface area contributed by atoms with Gasteiger partial charge in [0.2, 0.25) is 11.8 Å². The number of amides is 2. The van der Waals surface area contributed by atoms with Crippen LogP contribution in [0.3, 0.4) is 0 Å². The molecule has 1 saturated heterocycles. The third-order valence-electron chi connectivity index (χ3n) is 6.58. The van der Waals surface area contributed by atoms with Gasteiger partial charge in [0.25, 0.3) is 0 Å². The second-order valence-corrected chi connectivity index (χ2v) is 7.59. The van der Waals surface area contributed by atoms with Crippen molar-refractivity contribution in [1.82, 2.24) is 0 Å². The van der Waals surface area contributed by atoms with E-state index in [1.165, 1.54) is 28.2 Å². The van der Waals surface area contributed by atoms with Gasteiger partial charge in [-0.1, -0.05) is 11.1 Å². The van der Waals surface area contributed by atoms with Crippen LogP contribution in [0.1, 0.15) is 38.5 Å². The number of hydrogen-bond donors (Lipinski definition) is 0. The molecular weight excluding hydrogens is 305 g/mol. The molecule has 4 heteroatoms. The number of nitrogens with zero attached hydrogens (tertiary/aromatic N) is 1. The lowest BCUT2D eigenvalue weighted by atomic mass is 9.66. The Hall–Kier alpha value is -1.97. The van der Waals surface area contributed by atoms with Crippen LogP contribution in [0, 0.1) is 29.5 Å². The molecule has 4 aliphatic rings. The molecule has 124 valence electrons. The Morgan fingerprint density at radius 1 is 0.833 bits per heavy atom. The molecule has 2 amide bonds. The monoisotopic (exact) mass is 325 g/mol. The van der Waals surface area contributed by atoms with E-state index in [-0.39, 0.29) is 41.3 Å². The molecule has 0 N–H and O–H groups in total. The van der Waals surface area contributed by atoms with E-state index < -0.39 is 0 Å². The van der Waals surface area contributed by atoms with E-state index in [0.29, 0.717) is 5.69 Å². The molecule has 1 aromatic rings. The van der Waals surface area contributed by atoms with E-state index in [1.807, 2.05) is 0 Å². The van der Waals surface area contributed by atoms with Crippen molar-refractivity contribution in [3.05, 3.63) is 41.2 Å². The van der Waals surface area contributed by atoms with Gasteiger partial charge in [-0.3, -0.25) is 14.5 Å². The van der Waals surface area contributed by atoms with Crippen LogP contribution in [0.4, 0.5) is 10.1 Å². The van der Waals surface area contributed by atoms with Crippen molar-refractivity contribution in [3.63, 3.8) is 0 Å². The molecule has 1 heterocycles. The standard InChI is InChI=1S/C20H20FNO2/c21-11-7-9-12(10-8-11)22-19(23)17-15-5-1-3-13(15)14-4-2-6-16(14)18(17)20(22)24/h7-10,15-18H,1-6H2/t15-,16+,17-,18-/m1/s1. The van der Waals surface area contributed by atoms with Crippen molar-refractivity contribution in [3.8, 4) is 0 Å². The largest absolute Gasteiger partial charge is 0.274 e. The zero-order valence-corrected chi connectivity index (χ0v) is 13.5. The molecule has 0 aromatic heterocycles. The van der Waals surface area contributed by atoms with Crippen LogP contribution in [-0.2, 0) is 9.59 Å². The number of carbonyl (C=O) groups is 2. The molecular formula is C20H20FNO2. The maximum atomic E-state index is 13.2. The molecule has 5 rings (SSSR count). The van der Waals surface area contributed by atoms with Gasteiger partial charge in [-0.25, -0.2) is 4.39 Å². The number of benzene rings is 1. The van der Waals surface area contributed by atoms with Gasteiger partial charge in [0.15, 0.2) is 0 Å². The zero-order valence-electron chi connectivity index (χ0n) is 13.5. The fourth-order valence-electron chi connectivity index (χ4n) is 5.74. The van der Waals surface area contributed by atoms with Crippen LogP contribution in [-0.4, -0.2) is 11.8 Å². The fourth-order valence-corrected chi connectivity index (χ4v) is 5.74. The predicted molar refractivity (Wildman–Crippen MR) is 87.6 cm³/mol. The molecule has 0 unspecified atom stereocenters. The SMILES string of the molecule is O=C1[C@H]2[C@H](C(=O)N1c1ccc(F)cc1)[C@H]1CCCC1=C1CCC[C@H]12. The summed E-state index contributed by atoms with van der Waals surface area (Å²) in [5.41, 5.74) is 3.52. The molecule has 3 fully saturated rings. The summed E-state index contributed by atoms with van der Waals surface area (Å²) in [5.74, 6) is -0.326. The number of imide groups is 1. The van der Waals surface area contributed by atoms with Crippen molar-refractivity contribution in [1.29, 1.82) is 0 Å². The second-order valence-electron chi connectivity index (χ2n) is 7.59. The number of anilines is 1. The summed E-state index contributed by atoms with van der Waals surface area (Å²) in [6.07, 6.45) is 6.55. The highest BCUT2D eigenvalue weighted by Crippen LogP contribution is 2.57. The fraction of sp³-hybridized carbons (Fsp3) is 0.500. The van der Waals surface area contributed by atoms with Crippen molar-refractivity contribution < 1.29 is 14.0 Å². The second kappa shape index (κ2) is 5.01. The first-order valence-electron chi connectivity index (χ1n) is 9.02. The molecule has 3 aliphatic carbocycles. The third kappa shape index (κ3) is 1.77. The quantitative estimate of drug-likeness (QED) is 0.581. The number of fused-ring (bicyclic) bond motifs is 5. The topological polar surface area (TPSA) is 37.4 Å². The van der Waals surface area contributed by atoms with E-state index in [1.54, 1.807) is 12.1 Å². The summed E-state index contributed by atoms with van der Waals surface area (Å²) < 4.78 is 13.2. The minimum atomic E-state index is -0.354. The molecule has 2 saturated carbocycles. The van der Waals surface area contributed by atoms with Gasteiger partial charge in [-0.05, 0) is 74.6 Å². The number of halogens is 1. The Kier molecular flexibility index (Phi) is 3.00. The van der Waals surface area contributed by atoms with E-state index in [0.717, 1.165) is 38.5 Å². The first-order valence-corrected chi connectivity index (χ1v) is 9.02. The molecule has 4 atom stereocenters. The lowest BCUT2D eigenvalue weighted by Gasteiger charge is -2.34. The van der Waals surface area contributed by atoms with Crippen LogP contribution in [0.15, 0.2) is 35.4 Å². The van der Waals surface area contributed by atoms with Crippen LogP contribution < -0.4 is 4.90 Å². The third-order valence-corrected chi connectivity index (χ3v) is 6.58. The van der Waals surface area contributed by atoms with E-state index >= 15 is 0 Å². The first kappa shape index (κ1) is 14.4. The Morgan fingerprint density at radius 3 is 1.83 bits per heavy atom. The normalized spacial score (nSPS) is 34.6. The maximum Gasteiger partial charge on any atom is 0.238 e. The summed E-state index contributed by atoms with van der Waals surface area (Å²) in [7, 11) is 0. The average Bonchev–Trinajstić information content (AvgIpc) is 3.27. The van der Waals surface area contributed by atoms with Crippen molar-refractivity contribution in [2.45, 2.75) is 38.5 Å². The first-order chi connectivity index (χ1) is 11.7. The van der Waals surface area contributed by atoms with Crippen molar-refractivity contribution in [2.24, 2.45) is 23.7 Å². The Balaban J connectivity index is 1.60. The molecule has 3 nitrogen and oxygen atoms in total. The van der Waals surface area contributed by atoms with Crippen LogP contribution in [0.5, 0.6) is 0 Å². The lowest BCUT2D eigenvalue weighted by molar-refractivity contribution is -0.122. The van der Waals surface area contributed by atoms with Crippen LogP contribution >= 0.6 is 0 Å². The van der Waals surface area contributed by atoms with E-state index in [2.05, 4.69) is 0 Å². The molecule has 24 heavy (non-hydrogen) atoms. The summed E-state index contributed by atoms with van der Waals surface area (Å²) in [4.78, 5) is 27.7. The number of carbonyl (C=O) groups excluding carboxylic acids is 2. The predicted octanol–water partition coefficient (Wildman–Crippen LogP) is 3.84. The molecule has 0 bridgehead atoms. The average molecular weight is 325 g/mol. The van der Waals surface area contributed by atoms with Gasteiger partial charge >= 0.3 is 0 Å². The van der Waals surface area contributed by atoms with Crippen LogP contribution in [0.25, 0.3) is 0 Å². The Bertz CT molecular complexity index is 724. The number of allylic oxidation sites excluding steroid dienone is 2. The summed E-state index contributed by atoms with van der Waals surface area (Å²) in [5, 5.41) is 0. The number of hydrogen-bond acceptors (Lipinski definition) is 2. The summed E-state index contributed by atoms with van der Waals surface area (Å²) >= 11 is 0. The Morgan fingerprint density at radius 2 is 1.33 bits per heavy atom. The highest BCUT2D eigenvalue weighted by molar-refractivity contribution is 6.22. The minimum Gasteiger partial charge on any atom is -0.274 e. The zero-order chi connectivity index (χ0) is 16.4. The molecule has 0 spiro atoms. The summed E-state index contributed by atoms with van der Waals surface area (Å²) in [6, 6.07) is 5.72. The van der Waals surface area contributed by atoms with Gasteiger partial charge in [-0.15, -0.1) is 0 Å². The lowest BCUT2D eigenvalue weighted by Crippen LogP contribution is -2.35. The highest BCUT2D eigenvalue weighted by Gasteiger charge is 2.59. The van der Waals surface area contributed by atoms with Crippen LogP contribution in [0.2, 0.25) is 0 Å². The molecule has 0 radical (unpaired) electrons. The summed E-state index contributed by atoms with van der Waals surface area (Å²) in [6.45, 7) is 0. The molecule has 1 aromatic carbocycles. The van der Waals surface area contributed by atoms with Crippen molar-refractivity contribution in [2.75, 3.05) is 4.90 Å². The highest BCUT2D eigenvalue weighted by atomic mass is 19.1. The van der Waals surface area contributed by atoms with Gasteiger partial charge < -0.3 is 0 Å². The molecule has 1 aliphatic heterocycles. The van der Waals surface area contributed by atoms with Gasteiger partial charge in [0, 0.05) is 0 Å². The number of rotatable bonds is 1. The van der Waals surface area contributed by atoms with Crippen molar-refractivity contribution >= 4 is 17.5 Å². The smallest absolute Gasteiger partial charge is 0.238 e.